The van der Waals surface area contributed by atoms with Gasteiger partial charge < -0.3 is 9.47 Å². The van der Waals surface area contributed by atoms with Gasteiger partial charge >= 0.3 is 0 Å². The van der Waals surface area contributed by atoms with E-state index in [4.69, 9.17) is 9.47 Å². The predicted molar refractivity (Wildman–Crippen MR) is 96.4 cm³/mol. The molecule has 0 fully saturated rings. The first-order chi connectivity index (χ1) is 12.7. The molecule has 0 bridgehead atoms. The van der Waals surface area contributed by atoms with Gasteiger partial charge in [-0.2, -0.15) is 9.78 Å². The van der Waals surface area contributed by atoms with Gasteiger partial charge in [0.2, 0.25) is 5.16 Å². The Morgan fingerprint density at radius 2 is 1.96 bits per heavy atom. The van der Waals surface area contributed by atoms with E-state index in [1.807, 2.05) is 24.3 Å². The summed E-state index contributed by atoms with van der Waals surface area (Å²) in [5, 5.41) is 13.7. The van der Waals surface area contributed by atoms with Crippen LogP contribution in [0, 0.1) is 5.82 Å². The minimum atomic E-state index is -0.305. The van der Waals surface area contributed by atoms with E-state index in [1.165, 1.54) is 12.1 Å². The molecule has 3 aromatic rings. The van der Waals surface area contributed by atoms with Crippen LogP contribution in [-0.4, -0.2) is 33.4 Å². The normalized spacial score (nSPS) is 13.1. The Bertz CT molecular complexity index is 956. The average Bonchev–Trinajstić information content (AvgIpc) is 3.10. The van der Waals surface area contributed by atoms with Crippen molar-refractivity contribution in [3.05, 3.63) is 65.7 Å². The summed E-state index contributed by atoms with van der Waals surface area (Å²) in [5.41, 5.74) is 1.89. The Hall–Kier alpha value is -2.87. The summed E-state index contributed by atoms with van der Waals surface area (Å²) in [4.78, 5) is 0. The zero-order valence-electron chi connectivity index (χ0n) is 13.9. The molecule has 26 heavy (non-hydrogen) atoms. The van der Waals surface area contributed by atoms with E-state index in [2.05, 4.69) is 15.3 Å². The summed E-state index contributed by atoms with van der Waals surface area (Å²) in [5.74, 6) is 2.32. The van der Waals surface area contributed by atoms with E-state index >= 15 is 0 Å². The minimum absolute atomic E-state index is 0.189. The second kappa shape index (κ2) is 7.17. The van der Waals surface area contributed by atoms with Crippen molar-refractivity contribution < 1.29 is 13.9 Å². The van der Waals surface area contributed by atoms with Crippen LogP contribution < -0.4 is 9.47 Å². The number of halogens is 1. The lowest BCUT2D eigenvalue weighted by molar-refractivity contribution is 0.289. The number of aromatic nitrogens is 3. The first kappa shape index (κ1) is 16.6. The minimum Gasteiger partial charge on any atom is -0.497 e. The lowest BCUT2D eigenvalue weighted by Gasteiger charge is -2.14. The van der Waals surface area contributed by atoms with Crippen molar-refractivity contribution >= 4 is 17.5 Å². The zero-order chi connectivity index (χ0) is 17.9. The van der Waals surface area contributed by atoms with Gasteiger partial charge in [0.25, 0.3) is 0 Å². The molecule has 0 aliphatic carbocycles. The van der Waals surface area contributed by atoms with E-state index in [0.717, 1.165) is 17.0 Å². The fourth-order valence-corrected chi connectivity index (χ4v) is 3.34. The molecule has 0 radical (unpaired) electrons. The molecule has 0 atom stereocenters. The Morgan fingerprint density at radius 3 is 2.77 bits per heavy atom. The molecule has 1 aliphatic heterocycles. The Kier molecular flexibility index (Phi) is 4.57. The first-order valence-corrected chi connectivity index (χ1v) is 8.89. The molecule has 0 N–H and O–H groups in total. The van der Waals surface area contributed by atoms with Crippen LogP contribution in [-0.2, 0) is 6.61 Å². The standard InChI is InChI=1S/C18H15FN4O2S/c1-24-15-4-2-3-12(9-15)16-11-26-18-21-20-17(23(18)22-16)10-25-14-7-5-13(19)6-8-14/h2-9H,10-11H2,1H3. The van der Waals surface area contributed by atoms with Crippen LogP contribution in [0.5, 0.6) is 11.5 Å². The Labute approximate surface area is 153 Å². The number of thioether (sulfide) groups is 1. The summed E-state index contributed by atoms with van der Waals surface area (Å²) in [7, 11) is 1.64. The molecule has 2 heterocycles. The quantitative estimate of drug-likeness (QED) is 0.689. The Balaban J connectivity index is 1.57. The molecular formula is C18H15FN4O2S. The monoisotopic (exact) mass is 370 g/mol. The average molecular weight is 370 g/mol. The largest absolute Gasteiger partial charge is 0.497 e. The van der Waals surface area contributed by atoms with Crippen molar-refractivity contribution in [1.29, 1.82) is 0 Å². The number of benzene rings is 2. The molecule has 0 unspecified atom stereocenters. The van der Waals surface area contributed by atoms with Crippen LogP contribution in [0.3, 0.4) is 0 Å². The van der Waals surface area contributed by atoms with E-state index in [1.54, 1.807) is 35.7 Å². The molecule has 2 aromatic carbocycles. The van der Waals surface area contributed by atoms with Gasteiger partial charge in [-0.25, -0.2) is 4.39 Å². The third-order valence-corrected chi connectivity index (χ3v) is 4.75. The van der Waals surface area contributed by atoms with Crippen molar-refractivity contribution in [1.82, 2.24) is 14.9 Å². The van der Waals surface area contributed by atoms with Gasteiger partial charge in [-0.3, -0.25) is 0 Å². The van der Waals surface area contributed by atoms with Crippen LogP contribution in [0.25, 0.3) is 0 Å². The molecule has 1 aromatic heterocycles. The summed E-state index contributed by atoms with van der Waals surface area (Å²) in [6.07, 6.45) is 0. The molecule has 132 valence electrons. The molecule has 0 amide bonds. The molecule has 0 saturated heterocycles. The van der Waals surface area contributed by atoms with Gasteiger partial charge in [0, 0.05) is 11.3 Å². The summed E-state index contributed by atoms with van der Waals surface area (Å²) >= 11 is 1.56. The maximum atomic E-state index is 13.0. The highest BCUT2D eigenvalue weighted by Crippen LogP contribution is 2.25. The van der Waals surface area contributed by atoms with Gasteiger partial charge in [0.05, 0.1) is 12.8 Å². The van der Waals surface area contributed by atoms with Crippen molar-refractivity contribution in [3.8, 4) is 11.5 Å². The van der Waals surface area contributed by atoms with Gasteiger partial charge in [0.15, 0.2) is 5.82 Å². The fraction of sp³-hybridized carbons (Fsp3) is 0.167. The SMILES string of the molecule is COc1cccc(C2=Nn3c(COc4ccc(F)cc4)nnc3SC2)c1. The molecule has 6 nitrogen and oxygen atoms in total. The van der Waals surface area contributed by atoms with Crippen LogP contribution >= 0.6 is 11.8 Å². The van der Waals surface area contributed by atoms with E-state index in [-0.39, 0.29) is 12.4 Å². The molecular weight excluding hydrogens is 355 g/mol. The molecule has 0 saturated carbocycles. The molecule has 1 aliphatic rings. The van der Waals surface area contributed by atoms with Crippen molar-refractivity contribution in [2.24, 2.45) is 5.10 Å². The molecule has 4 rings (SSSR count). The third kappa shape index (κ3) is 3.41. The van der Waals surface area contributed by atoms with Crippen molar-refractivity contribution in [2.45, 2.75) is 11.8 Å². The van der Waals surface area contributed by atoms with Crippen LogP contribution in [0.2, 0.25) is 0 Å². The molecule has 0 spiro atoms. The number of methoxy groups -OCH3 is 1. The highest BCUT2D eigenvalue weighted by atomic mass is 32.2. The summed E-state index contributed by atoms with van der Waals surface area (Å²) in [6.45, 7) is 0.189. The summed E-state index contributed by atoms with van der Waals surface area (Å²) in [6, 6.07) is 13.6. The lowest BCUT2D eigenvalue weighted by atomic mass is 10.1. The second-order valence-electron chi connectivity index (χ2n) is 5.52. The maximum absolute atomic E-state index is 13.0. The van der Waals surface area contributed by atoms with E-state index < -0.39 is 0 Å². The first-order valence-electron chi connectivity index (χ1n) is 7.90. The third-order valence-electron chi connectivity index (χ3n) is 3.82. The van der Waals surface area contributed by atoms with Crippen LogP contribution in [0.15, 0.2) is 58.8 Å². The number of hydrogen-bond donors (Lipinski definition) is 0. The predicted octanol–water partition coefficient (Wildman–Crippen LogP) is 3.36. The second-order valence-corrected chi connectivity index (χ2v) is 6.46. The number of fused-ring (bicyclic) bond motifs is 1. The lowest BCUT2D eigenvalue weighted by Crippen LogP contribution is -2.15. The molecule has 8 heteroatoms. The van der Waals surface area contributed by atoms with Gasteiger partial charge in [-0.15, -0.1) is 10.2 Å². The van der Waals surface area contributed by atoms with Gasteiger partial charge in [-0.1, -0.05) is 23.9 Å². The highest BCUT2D eigenvalue weighted by molar-refractivity contribution is 7.99. The van der Waals surface area contributed by atoms with Gasteiger partial charge in [0.1, 0.15) is 23.9 Å². The number of rotatable bonds is 5. The van der Waals surface area contributed by atoms with Crippen molar-refractivity contribution in [3.63, 3.8) is 0 Å². The van der Waals surface area contributed by atoms with E-state index in [0.29, 0.717) is 22.5 Å². The zero-order valence-corrected chi connectivity index (χ0v) is 14.7. The Morgan fingerprint density at radius 1 is 1.12 bits per heavy atom. The fourth-order valence-electron chi connectivity index (χ4n) is 2.48. The topological polar surface area (TPSA) is 61.5 Å². The number of ether oxygens (including phenoxy) is 2. The number of nitrogens with zero attached hydrogens (tertiary/aromatic N) is 4. The maximum Gasteiger partial charge on any atom is 0.212 e. The summed E-state index contributed by atoms with van der Waals surface area (Å²) < 4.78 is 25.6. The van der Waals surface area contributed by atoms with E-state index in [9.17, 15) is 4.39 Å². The smallest absolute Gasteiger partial charge is 0.212 e. The van der Waals surface area contributed by atoms with Gasteiger partial charge in [-0.05, 0) is 36.4 Å². The van der Waals surface area contributed by atoms with Crippen LogP contribution in [0.1, 0.15) is 11.4 Å². The number of hydrogen-bond acceptors (Lipinski definition) is 6. The van der Waals surface area contributed by atoms with Crippen LogP contribution in [0.4, 0.5) is 4.39 Å². The highest BCUT2D eigenvalue weighted by Gasteiger charge is 2.20. The van der Waals surface area contributed by atoms with Crippen molar-refractivity contribution in [2.75, 3.05) is 12.9 Å².